The molecule has 0 spiro atoms. The lowest BCUT2D eigenvalue weighted by atomic mass is 10.0. The molecule has 2 aromatic carbocycles. The van der Waals surface area contributed by atoms with Crippen LogP contribution in [0.4, 0.5) is 0 Å². The topological polar surface area (TPSA) is 100 Å². The lowest BCUT2D eigenvalue weighted by Gasteiger charge is -2.06. The van der Waals surface area contributed by atoms with Crippen molar-refractivity contribution in [3.05, 3.63) is 58.1 Å². The number of halogens is 2. The van der Waals surface area contributed by atoms with Crippen molar-refractivity contribution in [1.82, 2.24) is 15.6 Å². The number of fused-ring (bicyclic) bond motifs is 2. The first kappa shape index (κ1) is 19.2. The number of amides is 2. The van der Waals surface area contributed by atoms with Crippen molar-refractivity contribution in [2.45, 2.75) is 6.54 Å². The average molecular weight is 405 g/mol. The fourth-order valence-electron chi connectivity index (χ4n) is 3.24. The van der Waals surface area contributed by atoms with E-state index in [-0.39, 0.29) is 24.2 Å². The molecule has 1 aromatic heterocycles. The van der Waals surface area contributed by atoms with E-state index < -0.39 is 0 Å². The van der Waals surface area contributed by atoms with E-state index in [1.54, 1.807) is 12.1 Å². The van der Waals surface area contributed by atoms with Gasteiger partial charge in [-0.1, -0.05) is 17.7 Å². The summed E-state index contributed by atoms with van der Waals surface area (Å²) in [7, 11) is 0. The van der Waals surface area contributed by atoms with Gasteiger partial charge in [-0.15, -0.1) is 12.4 Å². The Morgan fingerprint density at radius 2 is 2.04 bits per heavy atom. The van der Waals surface area contributed by atoms with Gasteiger partial charge < -0.3 is 21.4 Å². The molecule has 0 atom stereocenters. The molecule has 2 amide bonds. The normalized spacial score (nSPS) is 12.4. The summed E-state index contributed by atoms with van der Waals surface area (Å²) in [6.45, 7) is 1.26. The smallest absolute Gasteiger partial charge is 0.252 e. The Kier molecular flexibility index (Phi) is 5.41. The summed E-state index contributed by atoms with van der Waals surface area (Å²) in [4.78, 5) is 27.7. The zero-order valence-corrected chi connectivity index (χ0v) is 15.8. The van der Waals surface area contributed by atoms with Gasteiger partial charge >= 0.3 is 0 Å². The largest absolute Gasteiger partial charge is 0.355 e. The highest BCUT2D eigenvalue weighted by atomic mass is 35.5. The van der Waals surface area contributed by atoms with E-state index in [4.69, 9.17) is 17.3 Å². The first-order chi connectivity index (χ1) is 12.6. The molecule has 27 heavy (non-hydrogen) atoms. The van der Waals surface area contributed by atoms with Gasteiger partial charge in [0.15, 0.2) is 0 Å². The van der Waals surface area contributed by atoms with Crippen molar-refractivity contribution in [3.8, 4) is 11.3 Å². The zero-order chi connectivity index (χ0) is 18.3. The predicted octanol–water partition coefficient (Wildman–Crippen LogP) is 2.84. The van der Waals surface area contributed by atoms with Crippen molar-refractivity contribution in [2.24, 2.45) is 5.73 Å². The van der Waals surface area contributed by atoms with Crippen molar-refractivity contribution >= 4 is 46.7 Å². The van der Waals surface area contributed by atoms with Gasteiger partial charge in [-0.25, -0.2) is 0 Å². The van der Waals surface area contributed by atoms with Crippen LogP contribution in [0.2, 0.25) is 5.02 Å². The fraction of sp³-hybridized carbons (Fsp3) is 0.158. The maximum Gasteiger partial charge on any atom is 0.252 e. The Morgan fingerprint density at radius 3 is 2.81 bits per heavy atom. The van der Waals surface area contributed by atoms with Crippen molar-refractivity contribution in [3.63, 3.8) is 0 Å². The maximum absolute atomic E-state index is 12.2. The van der Waals surface area contributed by atoms with Gasteiger partial charge in [0.1, 0.15) is 0 Å². The molecule has 0 unspecified atom stereocenters. The van der Waals surface area contributed by atoms with Gasteiger partial charge in [-0.05, 0) is 30.3 Å². The Balaban J connectivity index is 0.00000210. The number of aromatic amines is 1. The molecule has 1 aliphatic rings. The molecule has 2 heterocycles. The van der Waals surface area contributed by atoms with Crippen LogP contribution < -0.4 is 16.4 Å². The van der Waals surface area contributed by atoms with E-state index in [0.29, 0.717) is 35.8 Å². The van der Waals surface area contributed by atoms with E-state index in [2.05, 4.69) is 15.6 Å². The number of rotatable bonds is 4. The average Bonchev–Trinajstić information content (AvgIpc) is 3.24. The monoisotopic (exact) mass is 404 g/mol. The van der Waals surface area contributed by atoms with E-state index in [9.17, 15) is 9.59 Å². The second-order valence-corrected chi connectivity index (χ2v) is 6.57. The van der Waals surface area contributed by atoms with Crippen LogP contribution in [-0.4, -0.2) is 29.9 Å². The molecule has 140 valence electrons. The van der Waals surface area contributed by atoms with Crippen LogP contribution in [0.5, 0.6) is 0 Å². The summed E-state index contributed by atoms with van der Waals surface area (Å²) in [6.07, 6.45) is 0. The van der Waals surface area contributed by atoms with Crippen LogP contribution in [0.1, 0.15) is 26.3 Å². The number of H-pyrrole nitrogens is 1. The van der Waals surface area contributed by atoms with Gasteiger partial charge in [0.05, 0.1) is 5.56 Å². The molecule has 0 bridgehead atoms. The summed E-state index contributed by atoms with van der Waals surface area (Å²) in [6, 6.07) is 11.0. The molecule has 3 aromatic rings. The third kappa shape index (κ3) is 3.39. The van der Waals surface area contributed by atoms with Crippen LogP contribution in [0, 0.1) is 0 Å². The van der Waals surface area contributed by atoms with Gasteiger partial charge in [-0.3, -0.25) is 9.59 Å². The van der Waals surface area contributed by atoms with Gasteiger partial charge in [0, 0.05) is 57.9 Å². The third-order valence-corrected chi connectivity index (χ3v) is 4.87. The van der Waals surface area contributed by atoms with E-state index in [1.165, 1.54) is 0 Å². The maximum atomic E-state index is 12.2. The molecule has 0 saturated heterocycles. The molecule has 0 fully saturated rings. The molecular weight excluding hydrogens is 387 g/mol. The SMILES string of the molecule is Cl.NCCNC(=O)c1ccc2[nH]c(-c3ccc(Cl)c4c3C(=O)NC4)cc2c1. The Labute approximate surface area is 166 Å². The van der Waals surface area contributed by atoms with Crippen molar-refractivity contribution in [1.29, 1.82) is 0 Å². The molecule has 4 rings (SSSR count). The lowest BCUT2D eigenvalue weighted by molar-refractivity contribution is 0.0950. The van der Waals surface area contributed by atoms with Crippen LogP contribution in [0.25, 0.3) is 22.2 Å². The highest BCUT2D eigenvalue weighted by Crippen LogP contribution is 2.34. The van der Waals surface area contributed by atoms with Crippen molar-refractivity contribution < 1.29 is 9.59 Å². The number of aromatic nitrogens is 1. The minimum Gasteiger partial charge on any atom is -0.355 e. The fourth-order valence-corrected chi connectivity index (χ4v) is 3.47. The van der Waals surface area contributed by atoms with Crippen LogP contribution in [0.3, 0.4) is 0 Å². The number of carbonyl (C=O) groups excluding carboxylic acids is 2. The van der Waals surface area contributed by atoms with Gasteiger partial charge in [0.25, 0.3) is 11.8 Å². The molecule has 0 aliphatic carbocycles. The standard InChI is InChI=1S/C19H17ClN4O2.ClH/c20-14-3-2-12(17-13(14)9-23-19(17)26)16-8-11-7-10(1-4-15(11)24-16)18(25)22-6-5-21;/h1-4,7-8,24H,5-6,9,21H2,(H,22,25)(H,23,26);1H. The van der Waals surface area contributed by atoms with E-state index in [0.717, 1.165) is 27.7 Å². The Hall–Kier alpha value is -2.54. The minimum absolute atomic E-state index is 0. The number of nitrogens with one attached hydrogen (secondary N) is 3. The lowest BCUT2D eigenvalue weighted by Crippen LogP contribution is -2.28. The van der Waals surface area contributed by atoms with E-state index >= 15 is 0 Å². The van der Waals surface area contributed by atoms with Crippen molar-refractivity contribution in [2.75, 3.05) is 13.1 Å². The molecule has 1 aliphatic heterocycles. The third-order valence-electron chi connectivity index (χ3n) is 4.51. The van der Waals surface area contributed by atoms with Crippen LogP contribution in [-0.2, 0) is 6.54 Å². The first-order valence-electron chi connectivity index (χ1n) is 8.29. The van der Waals surface area contributed by atoms with E-state index in [1.807, 2.05) is 24.3 Å². The summed E-state index contributed by atoms with van der Waals surface area (Å²) in [5.41, 5.74) is 9.89. The van der Waals surface area contributed by atoms with Gasteiger partial charge in [0.2, 0.25) is 0 Å². The zero-order valence-electron chi connectivity index (χ0n) is 14.3. The Bertz CT molecular complexity index is 1050. The quantitative estimate of drug-likeness (QED) is 0.537. The van der Waals surface area contributed by atoms with Crippen LogP contribution in [0.15, 0.2) is 36.4 Å². The summed E-state index contributed by atoms with van der Waals surface area (Å²) < 4.78 is 0. The molecule has 0 saturated carbocycles. The number of hydrogen-bond acceptors (Lipinski definition) is 3. The van der Waals surface area contributed by atoms with Gasteiger partial charge in [-0.2, -0.15) is 0 Å². The van der Waals surface area contributed by atoms with Crippen LogP contribution >= 0.6 is 24.0 Å². The molecular formula is C19H18Cl2N4O2. The summed E-state index contributed by atoms with van der Waals surface area (Å²) >= 11 is 6.21. The minimum atomic E-state index is -0.160. The number of carbonyl (C=O) groups is 2. The highest BCUT2D eigenvalue weighted by Gasteiger charge is 2.26. The second kappa shape index (κ2) is 7.60. The molecule has 0 radical (unpaired) electrons. The first-order valence-corrected chi connectivity index (χ1v) is 8.67. The molecule has 6 nitrogen and oxygen atoms in total. The number of hydrogen-bond donors (Lipinski definition) is 4. The highest BCUT2D eigenvalue weighted by molar-refractivity contribution is 6.32. The second-order valence-electron chi connectivity index (χ2n) is 6.16. The summed E-state index contributed by atoms with van der Waals surface area (Å²) in [5, 5.41) is 7.04. The summed E-state index contributed by atoms with van der Waals surface area (Å²) in [5.74, 6) is -0.287. The predicted molar refractivity (Wildman–Crippen MR) is 109 cm³/mol. The molecule has 8 heteroatoms. The number of nitrogens with two attached hydrogens (primary N) is 1. The molecule has 5 N–H and O–H groups in total. The number of benzene rings is 2. The Morgan fingerprint density at radius 1 is 1.22 bits per heavy atom.